The molecule has 0 bridgehead atoms. The zero-order valence-electron chi connectivity index (χ0n) is 17.5. The molecule has 160 valence electrons. The van der Waals surface area contributed by atoms with Gasteiger partial charge in [-0.2, -0.15) is 0 Å². The van der Waals surface area contributed by atoms with E-state index in [0.29, 0.717) is 19.6 Å². The molecule has 2 aliphatic heterocycles. The summed E-state index contributed by atoms with van der Waals surface area (Å²) in [5.41, 5.74) is 1.33. The van der Waals surface area contributed by atoms with Crippen LogP contribution in [0.25, 0.3) is 0 Å². The summed E-state index contributed by atoms with van der Waals surface area (Å²) in [5, 5.41) is 3.40. The molecule has 1 N–H and O–H groups in total. The number of nitrogens with zero attached hydrogens (tertiary/aromatic N) is 5. The molecule has 2 aliphatic rings. The first-order valence-corrected chi connectivity index (χ1v) is 10.6. The van der Waals surface area contributed by atoms with Gasteiger partial charge in [-0.15, -0.1) is 0 Å². The third kappa shape index (κ3) is 5.46. The van der Waals surface area contributed by atoms with Gasteiger partial charge in [0.05, 0.1) is 12.6 Å². The Labute approximate surface area is 177 Å². The zero-order valence-corrected chi connectivity index (χ0v) is 17.5. The second-order valence-electron chi connectivity index (χ2n) is 7.95. The number of anilines is 2. The molecule has 8 nitrogen and oxygen atoms in total. The largest absolute Gasteiger partial charge is 0.375 e. The van der Waals surface area contributed by atoms with Gasteiger partial charge in [-0.1, -0.05) is 30.3 Å². The molecular weight excluding hydrogens is 380 g/mol. The SMILES string of the molecule is CN1CCN(c2cc(NCC3CN(Cc4ccccc4)CCCO3)ncn2)CC1=O. The van der Waals surface area contributed by atoms with E-state index >= 15 is 0 Å². The highest BCUT2D eigenvalue weighted by Gasteiger charge is 2.23. The third-order valence-corrected chi connectivity index (χ3v) is 5.63. The second kappa shape index (κ2) is 9.86. The summed E-state index contributed by atoms with van der Waals surface area (Å²) in [6.45, 7) is 6.16. The fourth-order valence-electron chi connectivity index (χ4n) is 3.87. The second-order valence-corrected chi connectivity index (χ2v) is 7.95. The Hall–Kier alpha value is -2.71. The Morgan fingerprint density at radius 1 is 1.17 bits per heavy atom. The fourth-order valence-corrected chi connectivity index (χ4v) is 3.87. The summed E-state index contributed by atoms with van der Waals surface area (Å²) in [5.74, 6) is 1.65. The molecule has 1 atom stereocenters. The minimum atomic E-state index is 0.0971. The van der Waals surface area contributed by atoms with E-state index in [0.717, 1.165) is 50.8 Å². The van der Waals surface area contributed by atoms with Crippen molar-refractivity contribution in [3.63, 3.8) is 0 Å². The van der Waals surface area contributed by atoms with Crippen LogP contribution in [0, 0.1) is 0 Å². The van der Waals surface area contributed by atoms with E-state index in [4.69, 9.17) is 4.74 Å². The van der Waals surface area contributed by atoms with E-state index in [1.807, 2.05) is 18.0 Å². The number of ether oxygens (including phenoxy) is 1. The molecule has 2 fully saturated rings. The molecule has 4 rings (SSSR count). The molecule has 3 heterocycles. The van der Waals surface area contributed by atoms with Crippen molar-refractivity contribution < 1.29 is 9.53 Å². The minimum absolute atomic E-state index is 0.0971. The number of carbonyl (C=O) groups is 1. The van der Waals surface area contributed by atoms with Gasteiger partial charge >= 0.3 is 0 Å². The van der Waals surface area contributed by atoms with Crippen molar-refractivity contribution in [2.75, 3.05) is 63.1 Å². The smallest absolute Gasteiger partial charge is 0.241 e. The van der Waals surface area contributed by atoms with Crippen molar-refractivity contribution in [3.05, 3.63) is 48.3 Å². The zero-order chi connectivity index (χ0) is 20.8. The number of aromatic nitrogens is 2. The first-order valence-electron chi connectivity index (χ1n) is 10.6. The summed E-state index contributed by atoms with van der Waals surface area (Å²) >= 11 is 0. The summed E-state index contributed by atoms with van der Waals surface area (Å²) in [6.07, 6.45) is 2.69. The van der Waals surface area contributed by atoms with Crippen LogP contribution in [-0.2, 0) is 16.1 Å². The highest BCUT2D eigenvalue weighted by molar-refractivity contribution is 5.82. The van der Waals surface area contributed by atoms with Gasteiger partial charge in [-0.25, -0.2) is 9.97 Å². The van der Waals surface area contributed by atoms with E-state index in [9.17, 15) is 4.79 Å². The lowest BCUT2D eigenvalue weighted by Crippen LogP contribution is -2.48. The van der Waals surface area contributed by atoms with Gasteiger partial charge in [-0.3, -0.25) is 9.69 Å². The van der Waals surface area contributed by atoms with Crippen LogP contribution in [0.2, 0.25) is 0 Å². The molecule has 1 amide bonds. The van der Waals surface area contributed by atoms with Gasteiger partial charge in [0.15, 0.2) is 0 Å². The molecule has 1 aromatic carbocycles. The van der Waals surface area contributed by atoms with E-state index in [-0.39, 0.29) is 12.0 Å². The monoisotopic (exact) mass is 410 g/mol. The van der Waals surface area contributed by atoms with Crippen molar-refractivity contribution in [1.29, 1.82) is 0 Å². The summed E-state index contributed by atoms with van der Waals surface area (Å²) in [6, 6.07) is 12.5. The molecule has 30 heavy (non-hydrogen) atoms. The predicted molar refractivity (Wildman–Crippen MR) is 116 cm³/mol. The number of hydrogen-bond acceptors (Lipinski definition) is 7. The number of carbonyl (C=O) groups excluding carboxylic acids is 1. The summed E-state index contributed by atoms with van der Waals surface area (Å²) in [4.78, 5) is 26.9. The summed E-state index contributed by atoms with van der Waals surface area (Å²) < 4.78 is 6.06. The lowest BCUT2D eigenvalue weighted by molar-refractivity contribution is -0.129. The molecule has 2 saturated heterocycles. The Bertz CT molecular complexity index is 833. The molecule has 0 radical (unpaired) electrons. The predicted octanol–water partition coefficient (Wildman–Crippen LogP) is 1.46. The Balaban J connectivity index is 1.33. The third-order valence-electron chi connectivity index (χ3n) is 5.63. The van der Waals surface area contributed by atoms with Crippen LogP contribution in [0.4, 0.5) is 11.6 Å². The van der Waals surface area contributed by atoms with E-state index in [1.165, 1.54) is 5.56 Å². The molecule has 8 heteroatoms. The highest BCUT2D eigenvalue weighted by atomic mass is 16.5. The summed E-state index contributed by atoms with van der Waals surface area (Å²) in [7, 11) is 1.83. The van der Waals surface area contributed by atoms with Crippen LogP contribution in [0.1, 0.15) is 12.0 Å². The van der Waals surface area contributed by atoms with Crippen molar-refractivity contribution >= 4 is 17.5 Å². The maximum absolute atomic E-state index is 12.0. The van der Waals surface area contributed by atoms with E-state index in [2.05, 4.69) is 50.5 Å². The Kier molecular flexibility index (Phi) is 6.76. The van der Waals surface area contributed by atoms with Gasteiger partial charge in [0.2, 0.25) is 5.91 Å². The van der Waals surface area contributed by atoms with E-state index < -0.39 is 0 Å². The molecule has 0 spiro atoms. The van der Waals surface area contributed by atoms with Crippen LogP contribution in [0.3, 0.4) is 0 Å². The number of nitrogens with one attached hydrogen (secondary N) is 1. The quantitative estimate of drug-likeness (QED) is 0.773. The lowest BCUT2D eigenvalue weighted by atomic mass is 10.2. The van der Waals surface area contributed by atoms with Crippen LogP contribution >= 0.6 is 0 Å². The van der Waals surface area contributed by atoms with Crippen LogP contribution in [-0.4, -0.2) is 84.7 Å². The highest BCUT2D eigenvalue weighted by Crippen LogP contribution is 2.17. The van der Waals surface area contributed by atoms with Crippen LogP contribution in [0.15, 0.2) is 42.7 Å². The number of likely N-dealkylation sites (N-methyl/N-ethyl adjacent to an activating group) is 1. The maximum Gasteiger partial charge on any atom is 0.241 e. The Morgan fingerprint density at radius 2 is 2.03 bits per heavy atom. The number of benzene rings is 1. The normalized spacial score (nSPS) is 20.8. The topological polar surface area (TPSA) is 73.8 Å². The van der Waals surface area contributed by atoms with E-state index in [1.54, 1.807) is 11.2 Å². The van der Waals surface area contributed by atoms with Gasteiger partial charge in [0.25, 0.3) is 0 Å². The molecular formula is C22H30N6O2. The van der Waals surface area contributed by atoms with Gasteiger partial charge in [-0.05, 0) is 12.0 Å². The van der Waals surface area contributed by atoms with Crippen molar-refractivity contribution in [2.24, 2.45) is 0 Å². The van der Waals surface area contributed by atoms with Gasteiger partial charge in [0, 0.05) is 59.0 Å². The van der Waals surface area contributed by atoms with Crippen LogP contribution in [0.5, 0.6) is 0 Å². The molecule has 1 aromatic heterocycles. The van der Waals surface area contributed by atoms with Crippen LogP contribution < -0.4 is 10.2 Å². The van der Waals surface area contributed by atoms with Crippen molar-refractivity contribution in [3.8, 4) is 0 Å². The first kappa shape index (κ1) is 20.6. The average Bonchev–Trinajstić information content (AvgIpc) is 3.00. The Morgan fingerprint density at radius 3 is 2.87 bits per heavy atom. The number of rotatable bonds is 6. The molecule has 1 unspecified atom stereocenters. The number of hydrogen-bond donors (Lipinski definition) is 1. The number of amides is 1. The number of piperazine rings is 1. The van der Waals surface area contributed by atoms with Gasteiger partial charge < -0.3 is 19.9 Å². The van der Waals surface area contributed by atoms with Gasteiger partial charge in [0.1, 0.15) is 18.0 Å². The van der Waals surface area contributed by atoms with Crippen molar-refractivity contribution in [2.45, 2.75) is 19.1 Å². The molecule has 0 aliphatic carbocycles. The molecule has 0 saturated carbocycles. The molecule has 2 aromatic rings. The lowest BCUT2D eigenvalue weighted by Gasteiger charge is -2.32. The first-order chi connectivity index (χ1) is 14.7. The van der Waals surface area contributed by atoms with Crippen molar-refractivity contribution in [1.82, 2.24) is 19.8 Å². The minimum Gasteiger partial charge on any atom is -0.375 e. The standard InChI is InChI=1S/C22H30N6O2/c1-26-9-10-28(16-22(26)29)21-12-20(24-17-25-21)23-13-19-15-27(8-5-11-30-19)14-18-6-3-2-4-7-18/h2-4,6-7,12,17,19H,5,8-11,13-16H2,1H3,(H,23,24,25). The average molecular weight is 411 g/mol. The fraction of sp³-hybridized carbons (Fsp3) is 0.500. The maximum atomic E-state index is 12.0.